The van der Waals surface area contributed by atoms with Crippen LogP contribution in [0.4, 0.5) is 0 Å². The molecule has 0 bridgehead atoms. The molecule has 1 aromatic carbocycles. The van der Waals surface area contributed by atoms with Crippen molar-refractivity contribution in [2.75, 3.05) is 0 Å². The topological polar surface area (TPSA) is 9.23 Å². The molecule has 0 aliphatic heterocycles. The van der Waals surface area contributed by atoms with Crippen LogP contribution in [0, 0.1) is 0 Å². The van der Waals surface area contributed by atoms with Crippen LogP contribution in [-0.2, 0) is 6.42 Å². The molecule has 0 atom stereocenters. The highest BCUT2D eigenvalue weighted by atomic mass is 79.9. The van der Waals surface area contributed by atoms with E-state index >= 15 is 0 Å². The first-order chi connectivity index (χ1) is 7.15. The number of allylic oxidation sites excluding steroid dienone is 1. The fourth-order valence-corrected chi connectivity index (χ4v) is 2.22. The zero-order chi connectivity index (χ0) is 10.8. The second kappa shape index (κ2) is 4.40. The van der Waals surface area contributed by atoms with Crippen LogP contribution in [0.2, 0.25) is 0 Å². The van der Waals surface area contributed by atoms with Gasteiger partial charge in [-0.05, 0) is 60.5 Å². The number of rotatable bonds is 2. The maximum atomic E-state index is 5.67. The monoisotopic (exact) mass is 266 g/mol. The van der Waals surface area contributed by atoms with E-state index in [0.717, 1.165) is 18.6 Å². The Labute approximate surface area is 99.3 Å². The lowest BCUT2D eigenvalue weighted by Gasteiger charge is -2.16. The summed E-state index contributed by atoms with van der Waals surface area (Å²) in [6, 6.07) is 6.33. The van der Waals surface area contributed by atoms with Crippen LogP contribution in [0.1, 0.15) is 31.4 Å². The molecule has 0 unspecified atom stereocenters. The van der Waals surface area contributed by atoms with Gasteiger partial charge >= 0.3 is 0 Å². The smallest absolute Gasteiger partial charge is 0.120 e. The third kappa shape index (κ3) is 2.63. The fraction of sp³-hybridized carbons (Fsp3) is 0.385. The van der Waals surface area contributed by atoms with E-state index in [1.165, 1.54) is 15.6 Å². The highest BCUT2D eigenvalue weighted by Crippen LogP contribution is 2.29. The lowest BCUT2D eigenvalue weighted by Crippen LogP contribution is -2.06. The molecule has 0 fully saturated rings. The molecule has 0 radical (unpaired) electrons. The molecule has 0 N–H and O–H groups in total. The van der Waals surface area contributed by atoms with Crippen LogP contribution in [0.3, 0.4) is 0 Å². The molecule has 0 amide bonds. The van der Waals surface area contributed by atoms with Gasteiger partial charge in [0.15, 0.2) is 0 Å². The number of hydrogen-bond acceptors (Lipinski definition) is 1. The highest BCUT2D eigenvalue weighted by molar-refractivity contribution is 9.11. The molecule has 1 nitrogen and oxygen atoms in total. The van der Waals surface area contributed by atoms with Gasteiger partial charge in [-0.2, -0.15) is 0 Å². The molecule has 0 aromatic heterocycles. The zero-order valence-electron chi connectivity index (χ0n) is 9.09. The van der Waals surface area contributed by atoms with Crippen molar-refractivity contribution in [3.63, 3.8) is 0 Å². The molecule has 0 saturated heterocycles. The molecule has 0 heterocycles. The van der Waals surface area contributed by atoms with Crippen LogP contribution in [0.5, 0.6) is 5.75 Å². The number of halogens is 1. The minimum absolute atomic E-state index is 0.244. The van der Waals surface area contributed by atoms with Crippen molar-refractivity contribution in [1.82, 2.24) is 0 Å². The van der Waals surface area contributed by atoms with Gasteiger partial charge in [0.1, 0.15) is 5.75 Å². The highest BCUT2D eigenvalue weighted by Gasteiger charge is 2.09. The fourth-order valence-electron chi connectivity index (χ4n) is 1.78. The molecule has 1 aliphatic carbocycles. The van der Waals surface area contributed by atoms with Crippen molar-refractivity contribution in [3.8, 4) is 5.75 Å². The normalized spacial score (nSPS) is 14.8. The van der Waals surface area contributed by atoms with Crippen LogP contribution in [0.25, 0.3) is 6.08 Å². The zero-order valence-corrected chi connectivity index (χ0v) is 10.7. The second-order valence-electron chi connectivity index (χ2n) is 4.12. The van der Waals surface area contributed by atoms with E-state index in [-0.39, 0.29) is 6.10 Å². The van der Waals surface area contributed by atoms with E-state index in [4.69, 9.17) is 4.74 Å². The quantitative estimate of drug-likeness (QED) is 0.781. The van der Waals surface area contributed by atoms with Crippen molar-refractivity contribution < 1.29 is 4.74 Å². The molecule has 2 heteroatoms. The van der Waals surface area contributed by atoms with Gasteiger partial charge in [-0.3, -0.25) is 0 Å². The van der Waals surface area contributed by atoms with Gasteiger partial charge in [0.2, 0.25) is 0 Å². The molecular weight excluding hydrogens is 252 g/mol. The Morgan fingerprint density at radius 2 is 2.07 bits per heavy atom. The summed E-state index contributed by atoms with van der Waals surface area (Å²) in [5, 5.41) is 0. The molecule has 2 rings (SSSR count). The Kier molecular flexibility index (Phi) is 3.15. The summed E-state index contributed by atoms with van der Waals surface area (Å²) in [5.41, 5.74) is 2.69. The molecule has 15 heavy (non-hydrogen) atoms. The molecule has 0 spiro atoms. The van der Waals surface area contributed by atoms with Crippen LogP contribution in [-0.4, -0.2) is 6.10 Å². The third-order valence-corrected chi connectivity index (χ3v) is 3.06. The van der Waals surface area contributed by atoms with Crippen molar-refractivity contribution in [1.29, 1.82) is 0 Å². The lowest BCUT2D eigenvalue weighted by atomic mass is 9.97. The third-order valence-electron chi connectivity index (χ3n) is 2.43. The van der Waals surface area contributed by atoms with Gasteiger partial charge in [0, 0.05) is 0 Å². The first kappa shape index (κ1) is 10.7. The van der Waals surface area contributed by atoms with Crippen molar-refractivity contribution in [2.24, 2.45) is 0 Å². The van der Waals surface area contributed by atoms with Crippen molar-refractivity contribution in [2.45, 2.75) is 32.8 Å². The maximum Gasteiger partial charge on any atom is 0.120 e. The average Bonchev–Trinajstić information content (AvgIpc) is 2.17. The summed E-state index contributed by atoms with van der Waals surface area (Å²) in [7, 11) is 0. The van der Waals surface area contributed by atoms with Crippen LogP contribution >= 0.6 is 15.9 Å². The van der Waals surface area contributed by atoms with E-state index in [1.807, 2.05) is 6.07 Å². The Bertz CT molecular complexity index is 394. The summed E-state index contributed by atoms with van der Waals surface area (Å²) in [6.45, 7) is 4.10. The largest absolute Gasteiger partial charge is 0.491 e. The molecular formula is C13H15BrO. The summed E-state index contributed by atoms with van der Waals surface area (Å²) >= 11 is 3.55. The van der Waals surface area contributed by atoms with E-state index in [2.05, 4.69) is 48.0 Å². The maximum absolute atomic E-state index is 5.67. The molecule has 80 valence electrons. The van der Waals surface area contributed by atoms with E-state index in [0.29, 0.717) is 0 Å². The first-order valence-electron chi connectivity index (χ1n) is 5.31. The molecule has 1 aliphatic rings. The van der Waals surface area contributed by atoms with Gasteiger partial charge in [-0.1, -0.05) is 22.0 Å². The van der Waals surface area contributed by atoms with Gasteiger partial charge < -0.3 is 4.74 Å². The van der Waals surface area contributed by atoms with E-state index < -0.39 is 0 Å². The van der Waals surface area contributed by atoms with Gasteiger partial charge in [0.05, 0.1) is 6.10 Å². The van der Waals surface area contributed by atoms with Gasteiger partial charge in [0.25, 0.3) is 0 Å². The standard InChI is InChI=1S/C13H15BrO/c1-9(2)15-13-6-4-10-7-12(14)5-3-11(10)8-13/h4,6-9H,3,5H2,1-2H3. The number of aryl methyl sites for hydroxylation is 1. The van der Waals surface area contributed by atoms with Gasteiger partial charge in [-0.25, -0.2) is 0 Å². The number of fused-ring (bicyclic) bond motifs is 1. The molecule has 1 aromatic rings. The van der Waals surface area contributed by atoms with Crippen LogP contribution < -0.4 is 4.74 Å². The van der Waals surface area contributed by atoms with E-state index in [9.17, 15) is 0 Å². The van der Waals surface area contributed by atoms with Gasteiger partial charge in [-0.15, -0.1) is 0 Å². The number of ether oxygens (including phenoxy) is 1. The minimum Gasteiger partial charge on any atom is -0.491 e. The number of hydrogen-bond donors (Lipinski definition) is 0. The van der Waals surface area contributed by atoms with Crippen molar-refractivity contribution in [3.05, 3.63) is 33.8 Å². The van der Waals surface area contributed by atoms with Crippen molar-refractivity contribution >= 4 is 22.0 Å². The lowest BCUT2D eigenvalue weighted by molar-refractivity contribution is 0.242. The summed E-state index contributed by atoms with van der Waals surface area (Å²) in [4.78, 5) is 0. The molecule has 0 saturated carbocycles. The minimum atomic E-state index is 0.244. The Hall–Kier alpha value is -0.760. The summed E-state index contributed by atoms with van der Waals surface area (Å²) < 4.78 is 6.96. The van der Waals surface area contributed by atoms with E-state index in [1.54, 1.807) is 0 Å². The Morgan fingerprint density at radius 3 is 2.80 bits per heavy atom. The average molecular weight is 267 g/mol. The SMILES string of the molecule is CC(C)Oc1ccc2c(c1)CCC(Br)=C2. The van der Waals surface area contributed by atoms with Crippen LogP contribution in [0.15, 0.2) is 22.7 Å². The Morgan fingerprint density at radius 1 is 1.27 bits per heavy atom. The first-order valence-corrected chi connectivity index (χ1v) is 6.10. The second-order valence-corrected chi connectivity index (χ2v) is 5.14. The number of benzene rings is 1. The predicted molar refractivity (Wildman–Crippen MR) is 67.4 cm³/mol. The summed E-state index contributed by atoms with van der Waals surface area (Å²) in [6.07, 6.45) is 4.63. The predicted octanol–water partition coefficient (Wildman–Crippen LogP) is 4.16. The Balaban J connectivity index is 2.27. The summed E-state index contributed by atoms with van der Waals surface area (Å²) in [5.74, 6) is 0.982.